The summed E-state index contributed by atoms with van der Waals surface area (Å²) in [6.07, 6.45) is 0.840. The molecule has 2 atom stereocenters. The normalized spacial score (nSPS) is 19.0. The van der Waals surface area contributed by atoms with E-state index < -0.39 is 0 Å². The number of amides is 1. The van der Waals surface area contributed by atoms with Crippen LogP contribution in [0.4, 0.5) is 5.82 Å². The van der Waals surface area contributed by atoms with Gasteiger partial charge in [-0.3, -0.25) is 14.3 Å². The van der Waals surface area contributed by atoms with Crippen molar-refractivity contribution >= 4 is 29.3 Å². The molecule has 0 saturated heterocycles. The van der Waals surface area contributed by atoms with Gasteiger partial charge in [-0.2, -0.15) is 5.10 Å². The number of rotatable bonds is 5. The highest BCUT2D eigenvalue weighted by Gasteiger charge is 2.40. The molecule has 6 nitrogen and oxygen atoms in total. The largest absolute Gasteiger partial charge is 0.455 e. The molecule has 1 aromatic carbocycles. The third-order valence-electron chi connectivity index (χ3n) is 4.05. The fraction of sp³-hybridized carbons (Fsp3) is 0.353. The van der Waals surface area contributed by atoms with E-state index in [0.717, 1.165) is 12.0 Å². The average Bonchev–Trinajstić information content (AvgIpc) is 3.18. The molecule has 1 aliphatic rings. The molecule has 1 amide bonds. The standard InChI is InChI=1S/C17H18ClN3O3/c1-10-7-13(10)17(23)24-9-16(22)19-15-8-14(20-21(15)2)11-3-5-12(18)6-4-11/h3-6,8,10,13H,7,9H2,1-2H3,(H,19,22)/t10-,13-/m1/s1. The lowest BCUT2D eigenvalue weighted by atomic mass is 10.1. The fourth-order valence-corrected chi connectivity index (χ4v) is 2.55. The van der Waals surface area contributed by atoms with E-state index in [9.17, 15) is 9.59 Å². The zero-order valence-corrected chi connectivity index (χ0v) is 14.2. The number of benzene rings is 1. The molecule has 1 fully saturated rings. The third-order valence-corrected chi connectivity index (χ3v) is 4.30. The van der Waals surface area contributed by atoms with Crippen molar-refractivity contribution in [2.75, 3.05) is 11.9 Å². The first-order valence-electron chi connectivity index (χ1n) is 7.70. The van der Waals surface area contributed by atoms with Crippen LogP contribution in [-0.2, 0) is 21.4 Å². The number of anilines is 1. The summed E-state index contributed by atoms with van der Waals surface area (Å²) < 4.78 is 6.58. The number of hydrogen-bond acceptors (Lipinski definition) is 4. The van der Waals surface area contributed by atoms with Crippen molar-refractivity contribution in [2.24, 2.45) is 18.9 Å². The van der Waals surface area contributed by atoms with E-state index in [0.29, 0.717) is 22.5 Å². The van der Waals surface area contributed by atoms with Gasteiger partial charge in [0.2, 0.25) is 0 Å². The van der Waals surface area contributed by atoms with Crippen LogP contribution in [-0.4, -0.2) is 28.3 Å². The van der Waals surface area contributed by atoms with Crippen LogP contribution >= 0.6 is 11.6 Å². The Balaban J connectivity index is 1.59. The van der Waals surface area contributed by atoms with E-state index in [4.69, 9.17) is 16.3 Å². The van der Waals surface area contributed by atoms with Crippen LogP contribution in [0, 0.1) is 11.8 Å². The molecule has 3 rings (SSSR count). The molecule has 2 aromatic rings. The summed E-state index contributed by atoms with van der Waals surface area (Å²) in [5.74, 6) is 0.151. The highest BCUT2D eigenvalue weighted by atomic mass is 35.5. The third kappa shape index (κ3) is 3.76. The number of nitrogens with one attached hydrogen (secondary N) is 1. The molecule has 1 aliphatic carbocycles. The van der Waals surface area contributed by atoms with Gasteiger partial charge in [0.15, 0.2) is 6.61 Å². The molecular formula is C17H18ClN3O3. The van der Waals surface area contributed by atoms with Gasteiger partial charge in [0.1, 0.15) is 5.82 Å². The van der Waals surface area contributed by atoms with Crippen LogP contribution < -0.4 is 5.32 Å². The van der Waals surface area contributed by atoms with Crippen molar-refractivity contribution in [2.45, 2.75) is 13.3 Å². The lowest BCUT2D eigenvalue weighted by molar-refractivity contribution is -0.148. The highest BCUT2D eigenvalue weighted by Crippen LogP contribution is 2.38. The number of aryl methyl sites for hydroxylation is 1. The van der Waals surface area contributed by atoms with E-state index in [1.807, 2.05) is 19.1 Å². The predicted molar refractivity (Wildman–Crippen MR) is 90.5 cm³/mol. The smallest absolute Gasteiger partial charge is 0.309 e. The van der Waals surface area contributed by atoms with E-state index in [-0.39, 0.29) is 24.4 Å². The quantitative estimate of drug-likeness (QED) is 0.844. The van der Waals surface area contributed by atoms with Gasteiger partial charge in [-0.1, -0.05) is 30.7 Å². The van der Waals surface area contributed by atoms with Crippen LogP contribution in [0.1, 0.15) is 13.3 Å². The second-order valence-corrected chi connectivity index (χ2v) is 6.46. The summed E-state index contributed by atoms with van der Waals surface area (Å²) in [5, 5.41) is 7.70. The van der Waals surface area contributed by atoms with Crippen molar-refractivity contribution in [3.05, 3.63) is 35.4 Å². The summed E-state index contributed by atoms with van der Waals surface area (Å²) >= 11 is 5.88. The number of carbonyl (C=O) groups is 2. The minimum absolute atomic E-state index is 0.0500. The van der Waals surface area contributed by atoms with Crippen LogP contribution in [0.5, 0.6) is 0 Å². The Hall–Kier alpha value is -2.34. The molecule has 0 spiro atoms. The molecule has 1 saturated carbocycles. The molecular weight excluding hydrogens is 330 g/mol. The van der Waals surface area contributed by atoms with Crippen molar-refractivity contribution < 1.29 is 14.3 Å². The van der Waals surface area contributed by atoms with Gasteiger partial charge >= 0.3 is 5.97 Å². The predicted octanol–water partition coefficient (Wildman–Crippen LogP) is 2.88. The minimum Gasteiger partial charge on any atom is -0.455 e. The molecule has 0 radical (unpaired) electrons. The Bertz CT molecular complexity index is 770. The topological polar surface area (TPSA) is 73.2 Å². The van der Waals surface area contributed by atoms with Crippen LogP contribution in [0.2, 0.25) is 5.02 Å². The number of nitrogens with zero attached hydrogens (tertiary/aromatic N) is 2. The molecule has 1 N–H and O–H groups in total. The Kier molecular flexibility index (Phi) is 4.57. The van der Waals surface area contributed by atoms with Gasteiger partial charge in [0.25, 0.3) is 5.91 Å². The highest BCUT2D eigenvalue weighted by molar-refractivity contribution is 6.30. The second-order valence-electron chi connectivity index (χ2n) is 6.02. The van der Waals surface area contributed by atoms with E-state index in [1.165, 1.54) is 0 Å². The molecule has 0 bridgehead atoms. The van der Waals surface area contributed by atoms with Crippen molar-refractivity contribution in [1.82, 2.24) is 9.78 Å². The Morgan fingerprint density at radius 2 is 2.04 bits per heavy atom. The van der Waals surface area contributed by atoms with Crippen molar-refractivity contribution in [3.63, 3.8) is 0 Å². The van der Waals surface area contributed by atoms with E-state index in [2.05, 4.69) is 10.4 Å². The number of aromatic nitrogens is 2. The fourth-order valence-electron chi connectivity index (χ4n) is 2.42. The van der Waals surface area contributed by atoms with Crippen LogP contribution in [0.25, 0.3) is 11.3 Å². The molecule has 0 aliphatic heterocycles. The number of esters is 1. The van der Waals surface area contributed by atoms with Crippen molar-refractivity contribution in [1.29, 1.82) is 0 Å². The SMILES string of the molecule is C[C@@H]1C[C@H]1C(=O)OCC(=O)Nc1cc(-c2ccc(Cl)cc2)nn1C. The molecule has 1 heterocycles. The van der Waals surface area contributed by atoms with Gasteiger partial charge in [-0.05, 0) is 24.5 Å². The second kappa shape index (κ2) is 6.65. The maximum atomic E-state index is 11.9. The monoisotopic (exact) mass is 347 g/mol. The first-order chi connectivity index (χ1) is 11.4. The van der Waals surface area contributed by atoms with Crippen LogP contribution in [0.3, 0.4) is 0 Å². The Labute approximate surface area is 144 Å². The van der Waals surface area contributed by atoms with Gasteiger partial charge < -0.3 is 10.1 Å². The number of halogens is 1. The van der Waals surface area contributed by atoms with Gasteiger partial charge in [0.05, 0.1) is 11.6 Å². The maximum absolute atomic E-state index is 11.9. The molecule has 126 valence electrons. The van der Waals surface area contributed by atoms with Crippen molar-refractivity contribution in [3.8, 4) is 11.3 Å². The molecule has 7 heteroatoms. The summed E-state index contributed by atoms with van der Waals surface area (Å²) in [5.41, 5.74) is 1.61. The molecule has 1 aromatic heterocycles. The minimum atomic E-state index is -0.387. The summed E-state index contributed by atoms with van der Waals surface area (Å²) in [7, 11) is 1.73. The molecule has 24 heavy (non-hydrogen) atoms. The Morgan fingerprint density at radius 3 is 2.67 bits per heavy atom. The van der Waals surface area contributed by atoms with E-state index in [1.54, 1.807) is 29.9 Å². The first kappa shape index (κ1) is 16.5. The molecule has 0 unspecified atom stereocenters. The zero-order valence-electron chi connectivity index (χ0n) is 13.5. The Morgan fingerprint density at radius 1 is 1.38 bits per heavy atom. The summed E-state index contributed by atoms with van der Waals surface area (Å²) in [4.78, 5) is 23.6. The number of hydrogen-bond donors (Lipinski definition) is 1. The van der Waals surface area contributed by atoms with Crippen LogP contribution in [0.15, 0.2) is 30.3 Å². The van der Waals surface area contributed by atoms with E-state index >= 15 is 0 Å². The van der Waals surface area contributed by atoms with Gasteiger partial charge in [-0.15, -0.1) is 0 Å². The maximum Gasteiger partial charge on any atom is 0.309 e. The number of ether oxygens (including phenoxy) is 1. The zero-order chi connectivity index (χ0) is 17.3. The number of carbonyl (C=O) groups excluding carboxylic acids is 2. The average molecular weight is 348 g/mol. The first-order valence-corrected chi connectivity index (χ1v) is 8.08. The summed E-state index contributed by atoms with van der Waals surface area (Å²) in [6, 6.07) is 9.03. The lowest BCUT2D eigenvalue weighted by Gasteiger charge is -2.06. The van der Waals surface area contributed by atoms with Gasteiger partial charge in [-0.25, -0.2) is 0 Å². The lowest BCUT2D eigenvalue weighted by Crippen LogP contribution is -2.22. The van der Waals surface area contributed by atoms with Gasteiger partial charge in [0, 0.05) is 23.7 Å². The summed E-state index contributed by atoms with van der Waals surface area (Å²) in [6.45, 7) is 1.70.